The van der Waals surface area contributed by atoms with Crippen LogP contribution in [-0.4, -0.2) is 31.6 Å². The third kappa shape index (κ3) is 4.89. The van der Waals surface area contributed by atoms with Crippen LogP contribution in [0.25, 0.3) is 0 Å². The first-order valence-corrected chi connectivity index (χ1v) is 8.74. The Balaban J connectivity index is 2.78. The number of alkyl halides is 1. The standard InChI is InChI=1S/C14H22BrNO2S/c1-11(2)9-13(15)10-12-5-7-14(8-6-12)19(17,18)16(3)4/h5-8,11,13H,9-10H2,1-4H3. The lowest BCUT2D eigenvalue weighted by molar-refractivity contribution is 0.520. The van der Waals surface area contributed by atoms with Crippen LogP contribution < -0.4 is 0 Å². The van der Waals surface area contributed by atoms with Crippen molar-refractivity contribution in [2.45, 2.75) is 36.4 Å². The Morgan fingerprint density at radius 2 is 1.68 bits per heavy atom. The summed E-state index contributed by atoms with van der Waals surface area (Å²) in [5, 5.41) is 0. The van der Waals surface area contributed by atoms with Gasteiger partial charge in [0.05, 0.1) is 4.90 Å². The molecule has 19 heavy (non-hydrogen) atoms. The van der Waals surface area contributed by atoms with Crippen LogP contribution in [0.3, 0.4) is 0 Å². The molecule has 0 fully saturated rings. The van der Waals surface area contributed by atoms with Crippen LogP contribution in [0.2, 0.25) is 0 Å². The van der Waals surface area contributed by atoms with Gasteiger partial charge in [-0.1, -0.05) is 41.9 Å². The summed E-state index contributed by atoms with van der Waals surface area (Å²) in [5.41, 5.74) is 1.15. The zero-order chi connectivity index (χ0) is 14.6. The summed E-state index contributed by atoms with van der Waals surface area (Å²) in [5.74, 6) is 0.651. The van der Waals surface area contributed by atoms with Crippen LogP contribution in [0.4, 0.5) is 0 Å². The molecule has 0 radical (unpaired) electrons. The van der Waals surface area contributed by atoms with Gasteiger partial charge in [0.1, 0.15) is 0 Å². The first-order valence-electron chi connectivity index (χ1n) is 6.39. The molecule has 0 aliphatic rings. The zero-order valence-electron chi connectivity index (χ0n) is 11.9. The quantitative estimate of drug-likeness (QED) is 0.740. The minimum absolute atomic E-state index is 0.344. The van der Waals surface area contributed by atoms with Crippen molar-refractivity contribution in [3.05, 3.63) is 29.8 Å². The van der Waals surface area contributed by atoms with E-state index < -0.39 is 10.0 Å². The van der Waals surface area contributed by atoms with Gasteiger partial charge in [0, 0.05) is 18.9 Å². The minimum Gasteiger partial charge on any atom is -0.207 e. The Morgan fingerprint density at radius 3 is 2.11 bits per heavy atom. The molecule has 0 spiro atoms. The molecule has 0 aliphatic carbocycles. The van der Waals surface area contributed by atoms with Gasteiger partial charge in [0.15, 0.2) is 0 Å². The van der Waals surface area contributed by atoms with Gasteiger partial charge in [-0.3, -0.25) is 0 Å². The Bertz CT molecular complexity index is 495. The van der Waals surface area contributed by atoms with Gasteiger partial charge in [0.25, 0.3) is 0 Å². The number of hydrogen-bond donors (Lipinski definition) is 0. The summed E-state index contributed by atoms with van der Waals surface area (Å²) in [4.78, 5) is 0.778. The van der Waals surface area contributed by atoms with Gasteiger partial charge < -0.3 is 0 Å². The summed E-state index contributed by atoms with van der Waals surface area (Å²) < 4.78 is 25.1. The lowest BCUT2D eigenvalue weighted by Crippen LogP contribution is -2.22. The lowest BCUT2D eigenvalue weighted by atomic mass is 10.0. The van der Waals surface area contributed by atoms with Crippen molar-refractivity contribution in [2.75, 3.05) is 14.1 Å². The molecular formula is C14H22BrNO2S. The molecule has 0 N–H and O–H groups in total. The van der Waals surface area contributed by atoms with Crippen molar-refractivity contribution >= 4 is 26.0 Å². The molecule has 1 unspecified atom stereocenters. The zero-order valence-corrected chi connectivity index (χ0v) is 14.3. The van der Waals surface area contributed by atoms with E-state index in [2.05, 4.69) is 29.8 Å². The van der Waals surface area contributed by atoms with Crippen molar-refractivity contribution in [3.63, 3.8) is 0 Å². The smallest absolute Gasteiger partial charge is 0.207 e. The molecule has 108 valence electrons. The highest BCUT2D eigenvalue weighted by molar-refractivity contribution is 9.09. The van der Waals surface area contributed by atoms with Crippen LogP contribution in [0.5, 0.6) is 0 Å². The fraction of sp³-hybridized carbons (Fsp3) is 0.571. The second-order valence-electron chi connectivity index (χ2n) is 5.36. The molecule has 1 atom stereocenters. The van der Waals surface area contributed by atoms with Gasteiger partial charge in [-0.2, -0.15) is 0 Å². The number of halogens is 1. The largest absolute Gasteiger partial charge is 0.242 e. The fourth-order valence-electron chi connectivity index (χ4n) is 1.86. The van der Waals surface area contributed by atoms with Crippen LogP contribution in [0, 0.1) is 5.92 Å². The topological polar surface area (TPSA) is 37.4 Å². The van der Waals surface area contributed by atoms with Crippen molar-refractivity contribution in [2.24, 2.45) is 5.92 Å². The number of sulfonamides is 1. The molecular weight excluding hydrogens is 326 g/mol. The molecule has 0 saturated heterocycles. The third-order valence-electron chi connectivity index (χ3n) is 2.89. The van der Waals surface area contributed by atoms with E-state index in [-0.39, 0.29) is 0 Å². The highest BCUT2D eigenvalue weighted by Gasteiger charge is 2.17. The summed E-state index contributed by atoms with van der Waals surface area (Å²) in [6.45, 7) is 4.39. The van der Waals surface area contributed by atoms with E-state index in [1.807, 2.05) is 12.1 Å². The SMILES string of the molecule is CC(C)CC(Br)Cc1ccc(S(=O)(=O)N(C)C)cc1. The Hall–Kier alpha value is -0.390. The molecule has 1 aromatic carbocycles. The van der Waals surface area contributed by atoms with Crippen molar-refractivity contribution in [1.29, 1.82) is 0 Å². The van der Waals surface area contributed by atoms with Crippen LogP contribution >= 0.6 is 15.9 Å². The second kappa shape index (κ2) is 6.86. The van der Waals surface area contributed by atoms with Gasteiger partial charge in [-0.05, 0) is 36.5 Å². The van der Waals surface area contributed by atoms with Gasteiger partial charge in [0.2, 0.25) is 10.0 Å². The molecule has 0 aromatic heterocycles. The Labute approximate surface area is 125 Å². The number of benzene rings is 1. The van der Waals surface area contributed by atoms with E-state index in [0.717, 1.165) is 18.4 Å². The summed E-state index contributed by atoms with van der Waals surface area (Å²) in [7, 11) is -0.235. The average molecular weight is 348 g/mol. The van der Waals surface area contributed by atoms with E-state index in [1.165, 1.54) is 4.31 Å². The third-order valence-corrected chi connectivity index (χ3v) is 5.41. The highest BCUT2D eigenvalue weighted by atomic mass is 79.9. The lowest BCUT2D eigenvalue weighted by Gasteiger charge is -2.14. The van der Waals surface area contributed by atoms with Crippen molar-refractivity contribution in [3.8, 4) is 0 Å². The van der Waals surface area contributed by atoms with Crippen LogP contribution in [0.15, 0.2) is 29.2 Å². The van der Waals surface area contributed by atoms with E-state index in [9.17, 15) is 8.42 Å². The van der Waals surface area contributed by atoms with Gasteiger partial charge in [-0.15, -0.1) is 0 Å². The van der Waals surface area contributed by atoms with Crippen LogP contribution in [-0.2, 0) is 16.4 Å². The van der Waals surface area contributed by atoms with Crippen LogP contribution in [0.1, 0.15) is 25.8 Å². The molecule has 3 nitrogen and oxygen atoms in total. The van der Waals surface area contributed by atoms with E-state index in [1.54, 1.807) is 26.2 Å². The number of rotatable bonds is 6. The molecule has 0 saturated carbocycles. The Morgan fingerprint density at radius 1 is 1.16 bits per heavy atom. The summed E-state index contributed by atoms with van der Waals surface area (Å²) >= 11 is 3.67. The van der Waals surface area contributed by atoms with E-state index in [4.69, 9.17) is 0 Å². The molecule has 0 aliphatic heterocycles. The maximum atomic E-state index is 11.9. The molecule has 0 heterocycles. The second-order valence-corrected chi connectivity index (χ2v) is 8.81. The molecule has 0 bridgehead atoms. The predicted molar refractivity (Wildman–Crippen MR) is 83.2 cm³/mol. The van der Waals surface area contributed by atoms with E-state index >= 15 is 0 Å². The van der Waals surface area contributed by atoms with Gasteiger partial charge >= 0.3 is 0 Å². The molecule has 1 rings (SSSR count). The Kier molecular flexibility index (Phi) is 6.02. The number of nitrogens with zero attached hydrogens (tertiary/aromatic N) is 1. The minimum atomic E-state index is -3.32. The average Bonchev–Trinajstić information content (AvgIpc) is 2.28. The van der Waals surface area contributed by atoms with Crippen molar-refractivity contribution < 1.29 is 8.42 Å². The molecule has 5 heteroatoms. The summed E-state index contributed by atoms with van der Waals surface area (Å²) in [6, 6.07) is 7.15. The van der Waals surface area contributed by atoms with E-state index in [0.29, 0.717) is 15.6 Å². The van der Waals surface area contributed by atoms with Crippen molar-refractivity contribution in [1.82, 2.24) is 4.31 Å². The maximum Gasteiger partial charge on any atom is 0.242 e. The first kappa shape index (κ1) is 16.7. The monoisotopic (exact) mass is 347 g/mol. The summed E-state index contributed by atoms with van der Waals surface area (Å²) in [6.07, 6.45) is 2.03. The normalized spacial score (nSPS) is 14.1. The molecule has 1 aromatic rings. The fourth-order valence-corrected chi connectivity index (χ4v) is 3.88. The van der Waals surface area contributed by atoms with Gasteiger partial charge in [-0.25, -0.2) is 12.7 Å². The predicted octanol–water partition coefficient (Wildman–Crippen LogP) is 3.29. The first-order chi connectivity index (χ1) is 8.73. The highest BCUT2D eigenvalue weighted by Crippen LogP contribution is 2.20. The molecule has 0 amide bonds. The maximum absolute atomic E-state index is 11.9. The number of hydrogen-bond acceptors (Lipinski definition) is 2.